The summed E-state index contributed by atoms with van der Waals surface area (Å²) >= 11 is 0. The van der Waals surface area contributed by atoms with Gasteiger partial charge in [0.05, 0.1) is 16.2 Å². The zero-order valence-electron chi connectivity index (χ0n) is 11.5. The first kappa shape index (κ1) is 14.3. The zero-order valence-corrected chi connectivity index (χ0v) is 11.5. The predicted molar refractivity (Wildman–Crippen MR) is 76.4 cm³/mol. The van der Waals surface area contributed by atoms with E-state index in [4.69, 9.17) is 5.73 Å². The van der Waals surface area contributed by atoms with Gasteiger partial charge in [-0.25, -0.2) is 0 Å². The van der Waals surface area contributed by atoms with E-state index in [9.17, 15) is 15.4 Å². The molecule has 1 aliphatic rings. The molecular weight excluding hydrogens is 256 g/mol. The predicted octanol–water partition coefficient (Wildman–Crippen LogP) is 2.03. The van der Waals surface area contributed by atoms with Crippen molar-refractivity contribution in [3.63, 3.8) is 0 Å². The molecule has 1 aromatic carbocycles. The fourth-order valence-corrected chi connectivity index (χ4v) is 2.77. The molecule has 1 fully saturated rings. The van der Waals surface area contributed by atoms with Crippen molar-refractivity contribution in [1.29, 1.82) is 5.26 Å². The van der Waals surface area contributed by atoms with Crippen LogP contribution in [0.1, 0.15) is 25.3 Å². The van der Waals surface area contributed by atoms with Crippen LogP contribution >= 0.6 is 0 Å². The Morgan fingerprint density at radius 2 is 2.35 bits per heavy atom. The van der Waals surface area contributed by atoms with Crippen LogP contribution in [0.5, 0.6) is 0 Å². The number of nitrogens with zero attached hydrogens (tertiary/aromatic N) is 3. The zero-order chi connectivity index (χ0) is 14.7. The number of piperidine rings is 1. The van der Waals surface area contributed by atoms with Crippen LogP contribution in [0.15, 0.2) is 18.2 Å². The van der Waals surface area contributed by atoms with Gasteiger partial charge in [0.15, 0.2) is 0 Å². The maximum Gasteiger partial charge on any atom is 0.270 e. The lowest BCUT2D eigenvalue weighted by atomic mass is 9.91. The van der Waals surface area contributed by atoms with E-state index >= 15 is 0 Å². The first-order chi connectivity index (χ1) is 9.56. The Morgan fingerprint density at radius 1 is 1.60 bits per heavy atom. The minimum absolute atomic E-state index is 0.0556. The van der Waals surface area contributed by atoms with Gasteiger partial charge < -0.3 is 10.6 Å². The normalized spacial score (nSPS) is 22.4. The number of non-ortho nitro benzene ring substituents is 1. The van der Waals surface area contributed by atoms with Crippen molar-refractivity contribution in [3.05, 3.63) is 33.9 Å². The number of nitro groups is 1. The van der Waals surface area contributed by atoms with Crippen molar-refractivity contribution in [2.75, 3.05) is 18.0 Å². The van der Waals surface area contributed by atoms with E-state index in [1.807, 2.05) is 0 Å². The smallest absolute Gasteiger partial charge is 0.270 e. The molecule has 6 heteroatoms. The number of nitrogens with two attached hydrogens (primary N) is 1. The van der Waals surface area contributed by atoms with E-state index in [-0.39, 0.29) is 11.7 Å². The van der Waals surface area contributed by atoms with Crippen molar-refractivity contribution in [2.24, 2.45) is 11.7 Å². The van der Waals surface area contributed by atoms with Gasteiger partial charge in [0.1, 0.15) is 6.07 Å². The fraction of sp³-hybridized carbons (Fsp3) is 0.500. The van der Waals surface area contributed by atoms with Crippen LogP contribution in [0.25, 0.3) is 0 Å². The molecule has 1 aliphatic heterocycles. The van der Waals surface area contributed by atoms with Gasteiger partial charge in [-0.1, -0.05) is 6.92 Å². The number of nitriles is 1. The maximum atomic E-state index is 10.8. The van der Waals surface area contributed by atoms with E-state index in [2.05, 4.69) is 17.9 Å². The highest BCUT2D eigenvalue weighted by Gasteiger charge is 2.27. The highest BCUT2D eigenvalue weighted by atomic mass is 16.6. The van der Waals surface area contributed by atoms with Crippen LogP contribution in [0.2, 0.25) is 0 Å². The standard InChI is InChI=1S/C14H18N4O2/c1-10-4-5-17(13(6-10)9-16)14-3-2-12(18(19)20)7-11(14)8-15/h2-3,7,10,13H,4-6,9,16H2,1H3. The van der Waals surface area contributed by atoms with Crippen molar-refractivity contribution < 1.29 is 4.92 Å². The second-order valence-electron chi connectivity index (χ2n) is 5.28. The molecule has 2 N–H and O–H groups in total. The molecule has 1 heterocycles. The summed E-state index contributed by atoms with van der Waals surface area (Å²) in [6.45, 7) is 3.54. The number of nitro benzene ring substituents is 1. The van der Waals surface area contributed by atoms with Crippen molar-refractivity contribution in [3.8, 4) is 6.07 Å². The van der Waals surface area contributed by atoms with Crippen LogP contribution in [0.4, 0.5) is 11.4 Å². The summed E-state index contributed by atoms with van der Waals surface area (Å²) in [4.78, 5) is 12.4. The fourth-order valence-electron chi connectivity index (χ4n) is 2.77. The average molecular weight is 274 g/mol. The molecular formula is C14H18N4O2. The third-order valence-corrected chi connectivity index (χ3v) is 3.87. The molecule has 0 bridgehead atoms. The molecule has 0 aliphatic carbocycles. The molecule has 2 atom stereocenters. The van der Waals surface area contributed by atoms with Gasteiger partial charge in [-0.3, -0.25) is 10.1 Å². The number of benzene rings is 1. The minimum Gasteiger partial charge on any atom is -0.366 e. The molecule has 20 heavy (non-hydrogen) atoms. The molecule has 6 nitrogen and oxygen atoms in total. The molecule has 2 rings (SSSR count). The van der Waals surface area contributed by atoms with E-state index in [1.54, 1.807) is 6.07 Å². The SMILES string of the molecule is CC1CCN(c2ccc([N+](=O)[O-])cc2C#N)C(CN)C1. The molecule has 0 amide bonds. The largest absolute Gasteiger partial charge is 0.366 e. The van der Waals surface area contributed by atoms with Gasteiger partial charge in [0.2, 0.25) is 0 Å². The number of rotatable bonds is 3. The van der Waals surface area contributed by atoms with E-state index in [1.165, 1.54) is 12.1 Å². The second kappa shape index (κ2) is 5.88. The molecule has 1 saturated heterocycles. The van der Waals surface area contributed by atoms with Crippen LogP contribution < -0.4 is 10.6 Å². The summed E-state index contributed by atoms with van der Waals surface area (Å²) in [6.07, 6.45) is 2.02. The van der Waals surface area contributed by atoms with Crippen LogP contribution in [0, 0.1) is 27.4 Å². The minimum atomic E-state index is -0.483. The summed E-state index contributed by atoms with van der Waals surface area (Å²) in [6, 6.07) is 6.69. The average Bonchev–Trinajstić information content (AvgIpc) is 2.46. The molecule has 0 spiro atoms. The Labute approximate surface area is 117 Å². The van der Waals surface area contributed by atoms with Gasteiger partial charge in [-0.05, 0) is 24.8 Å². The summed E-state index contributed by atoms with van der Waals surface area (Å²) in [5.41, 5.74) is 6.86. The van der Waals surface area contributed by atoms with Crippen molar-refractivity contribution in [2.45, 2.75) is 25.8 Å². The van der Waals surface area contributed by atoms with Crippen LogP contribution in [-0.4, -0.2) is 24.1 Å². The van der Waals surface area contributed by atoms with E-state index in [0.717, 1.165) is 25.1 Å². The number of anilines is 1. The molecule has 2 unspecified atom stereocenters. The van der Waals surface area contributed by atoms with Gasteiger partial charge in [-0.2, -0.15) is 5.26 Å². The molecule has 0 radical (unpaired) electrons. The highest BCUT2D eigenvalue weighted by molar-refractivity contribution is 5.63. The summed E-state index contributed by atoms with van der Waals surface area (Å²) in [5.74, 6) is 0.614. The maximum absolute atomic E-state index is 10.8. The highest BCUT2D eigenvalue weighted by Crippen LogP contribution is 2.31. The van der Waals surface area contributed by atoms with Crippen molar-refractivity contribution in [1.82, 2.24) is 0 Å². The quantitative estimate of drug-likeness (QED) is 0.672. The summed E-state index contributed by atoms with van der Waals surface area (Å²) in [7, 11) is 0. The molecule has 0 aromatic heterocycles. The Kier molecular flexibility index (Phi) is 4.20. The monoisotopic (exact) mass is 274 g/mol. The van der Waals surface area contributed by atoms with Gasteiger partial charge in [-0.15, -0.1) is 0 Å². The second-order valence-corrected chi connectivity index (χ2v) is 5.28. The molecule has 0 saturated carbocycles. The van der Waals surface area contributed by atoms with Gasteiger partial charge in [0.25, 0.3) is 5.69 Å². The lowest BCUT2D eigenvalue weighted by molar-refractivity contribution is -0.384. The van der Waals surface area contributed by atoms with Crippen LogP contribution in [-0.2, 0) is 0 Å². The Hall–Kier alpha value is -2.13. The van der Waals surface area contributed by atoms with E-state index < -0.39 is 4.92 Å². The van der Waals surface area contributed by atoms with Gasteiger partial charge >= 0.3 is 0 Å². The third-order valence-electron chi connectivity index (χ3n) is 3.87. The lowest BCUT2D eigenvalue weighted by Crippen LogP contribution is -2.46. The molecule has 106 valence electrons. The molecule has 1 aromatic rings. The summed E-state index contributed by atoms with van der Waals surface area (Å²) < 4.78 is 0. The van der Waals surface area contributed by atoms with E-state index in [0.29, 0.717) is 18.0 Å². The summed E-state index contributed by atoms with van der Waals surface area (Å²) in [5, 5.41) is 20.0. The van der Waals surface area contributed by atoms with Gasteiger partial charge in [0, 0.05) is 31.3 Å². The Morgan fingerprint density at radius 3 is 2.95 bits per heavy atom. The number of hydrogen-bond donors (Lipinski definition) is 1. The lowest BCUT2D eigenvalue weighted by Gasteiger charge is -2.40. The number of hydrogen-bond acceptors (Lipinski definition) is 5. The van der Waals surface area contributed by atoms with Crippen LogP contribution in [0.3, 0.4) is 0 Å². The first-order valence-corrected chi connectivity index (χ1v) is 6.72. The topological polar surface area (TPSA) is 96.2 Å². The first-order valence-electron chi connectivity index (χ1n) is 6.72. The Balaban J connectivity index is 2.36. The third kappa shape index (κ3) is 2.73. The van der Waals surface area contributed by atoms with Crippen molar-refractivity contribution >= 4 is 11.4 Å². The Bertz CT molecular complexity index is 553.